The second kappa shape index (κ2) is 9.87. The van der Waals surface area contributed by atoms with Gasteiger partial charge in [-0.25, -0.2) is 23.0 Å². The molecule has 38 heavy (non-hydrogen) atoms. The second-order valence-corrected chi connectivity index (χ2v) is 12.2. The monoisotopic (exact) mass is 533 g/mol. The summed E-state index contributed by atoms with van der Waals surface area (Å²) in [7, 11) is -1.90. The summed E-state index contributed by atoms with van der Waals surface area (Å²) in [4.78, 5) is 32.4. The number of hydrogen-bond acceptors (Lipinski definition) is 6. The van der Waals surface area contributed by atoms with Gasteiger partial charge in [0, 0.05) is 30.3 Å². The van der Waals surface area contributed by atoms with E-state index in [0.717, 1.165) is 59.4 Å². The molecule has 2 amide bonds. The fourth-order valence-electron chi connectivity index (χ4n) is 5.62. The van der Waals surface area contributed by atoms with Gasteiger partial charge < -0.3 is 10.1 Å². The Labute approximate surface area is 223 Å². The van der Waals surface area contributed by atoms with E-state index in [0.29, 0.717) is 18.7 Å². The predicted octanol–water partition coefficient (Wildman–Crippen LogP) is 4.79. The van der Waals surface area contributed by atoms with Crippen molar-refractivity contribution in [1.82, 2.24) is 10.3 Å². The van der Waals surface area contributed by atoms with Crippen molar-refractivity contribution in [2.24, 2.45) is 0 Å². The Morgan fingerprint density at radius 1 is 1.05 bits per heavy atom. The summed E-state index contributed by atoms with van der Waals surface area (Å²) in [5.74, 6) is -0.375. The lowest BCUT2D eigenvalue weighted by atomic mass is 9.84. The number of aromatic nitrogens is 1. The third kappa shape index (κ3) is 4.78. The Kier molecular flexibility index (Phi) is 6.73. The molecule has 2 heterocycles. The van der Waals surface area contributed by atoms with Crippen LogP contribution in [0.15, 0.2) is 59.5 Å². The average molecular weight is 534 g/mol. The van der Waals surface area contributed by atoms with Crippen LogP contribution < -0.4 is 10.2 Å². The first-order valence-corrected chi connectivity index (χ1v) is 14.6. The van der Waals surface area contributed by atoms with Crippen LogP contribution in [0.1, 0.15) is 52.9 Å². The standard InChI is InChI=1S/C29H31N3O5S/c1-19-16-21(27(33)37-2)8-11-23(19)24-12-13-25-26(31-24)29(14-4-5-15-29)18-32(25)28(34)30-17-20-6-9-22(10-7-20)38(3,35)36/h6-13,16H,4-5,14-15,17-18H2,1-3H3,(H,30,34). The molecule has 0 bridgehead atoms. The van der Waals surface area contributed by atoms with E-state index in [1.54, 1.807) is 35.2 Å². The third-order valence-corrected chi connectivity index (χ3v) is 8.78. The Morgan fingerprint density at radius 3 is 2.39 bits per heavy atom. The van der Waals surface area contributed by atoms with E-state index in [9.17, 15) is 18.0 Å². The molecule has 3 aromatic rings. The van der Waals surface area contributed by atoms with Crippen molar-refractivity contribution in [3.63, 3.8) is 0 Å². The number of rotatable bonds is 5. The van der Waals surface area contributed by atoms with Crippen LogP contribution in [-0.2, 0) is 26.5 Å². The Morgan fingerprint density at radius 2 is 1.76 bits per heavy atom. The van der Waals surface area contributed by atoms with Gasteiger partial charge in [0.05, 0.1) is 34.6 Å². The highest BCUT2D eigenvalue weighted by Crippen LogP contribution is 2.50. The molecular formula is C29H31N3O5S. The van der Waals surface area contributed by atoms with Gasteiger partial charge in [-0.3, -0.25) is 4.90 Å². The molecule has 0 radical (unpaired) electrons. The van der Waals surface area contributed by atoms with Crippen LogP contribution >= 0.6 is 0 Å². The SMILES string of the molecule is COC(=O)c1ccc(-c2ccc3c(n2)C2(CCCC2)CN3C(=O)NCc2ccc(S(C)(=O)=O)cc2)c(C)c1. The molecule has 0 atom stereocenters. The lowest BCUT2D eigenvalue weighted by Crippen LogP contribution is -2.41. The minimum atomic E-state index is -3.27. The number of esters is 1. The van der Waals surface area contributed by atoms with E-state index >= 15 is 0 Å². The molecule has 0 unspecified atom stereocenters. The molecule has 1 aliphatic heterocycles. The fourth-order valence-corrected chi connectivity index (χ4v) is 6.25. The molecule has 1 spiro atoms. The molecule has 2 aliphatic rings. The molecule has 9 heteroatoms. The number of aryl methyl sites for hydroxylation is 1. The topological polar surface area (TPSA) is 106 Å². The number of ether oxygens (including phenoxy) is 1. The third-order valence-electron chi connectivity index (χ3n) is 7.65. The highest BCUT2D eigenvalue weighted by molar-refractivity contribution is 7.90. The summed E-state index contributed by atoms with van der Waals surface area (Å²) < 4.78 is 28.3. The number of carbonyl (C=O) groups excluding carboxylic acids is 2. The van der Waals surface area contributed by atoms with E-state index in [2.05, 4.69) is 5.32 Å². The number of anilines is 1. The van der Waals surface area contributed by atoms with E-state index in [1.807, 2.05) is 31.2 Å². The maximum absolute atomic E-state index is 13.3. The molecule has 198 valence electrons. The molecule has 5 rings (SSSR count). The number of nitrogens with one attached hydrogen (secondary N) is 1. The van der Waals surface area contributed by atoms with E-state index in [4.69, 9.17) is 9.72 Å². The zero-order valence-electron chi connectivity index (χ0n) is 21.8. The number of urea groups is 1. The Hall–Kier alpha value is -3.72. The summed E-state index contributed by atoms with van der Waals surface area (Å²) in [6.07, 6.45) is 5.33. The first kappa shape index (κ1) is 25.9. The van der Waals surface area contributed by atoms with Crippen molar-refractivity contribution in [1.29, 1.82) is 0 Å². The molecule has 1 N–H and O–H groups in total. The van der Waals surface area contributed by atoms with Crippen LogP contribution in [0.3, 0.4) is 0 Å². The normalized spacial score (nSPS) is 15.9. The highest BCUT2D eigenvalue weighted by atomic mass is 32.2. The quantitative estimate of drug-likeness (QED) is 0.473. The van der Waals surface area contributed by atoms with Crippen LogP contribution in [0, 0.1) is 6.92 Å². The van der Waals surface area contributed by atoms with Crippen LogP contribution in [0.25, 0.3) is 11.3 Å². The Balaban J connectivity index is 1.40. The minimum Gasteiger partial charge on any atom is -0.465 e. The number of methoxy groups -OCH3 is 1. The van der Waals surface area contributed by atoms with Gasteiger partial charge in [0.15, 0.2) is 9.84 Å². The lowest BCUT2D eigenvalue weighted by molar-refractivity contribution is 0.0600. The predicted molar refractivity (Wildman–Crippen MR) is 145 cm³/mol. The first-order valence-electron chi connectivity index (χ1n) is 12.7. The lowest BCUT2D eigenvalue weighted by Gasteiger charge is -2.24. The summed E-state index contributed by atoms with van der Waals surface area (Å²) in [6.45, 7) is 2.82. The molecule has 1 saturated carbocycles. The maximum Gasteiger partial charge on any atom is 0.337 e. The molecule has 1 fully saturated rings. The van der Waals surface area contributed by atoms with Gasteiger partial charge in [0.25, 0.3) is 0 Å². The van der Waals surface area contributed by atoms with Gasteiger partial charge in [-0.05, 0) is 67.3 Å². The number of sulfone groups is 1. The van der Waals surface area contributed by atoms with E-state index < -0.39 is 9.84 Å². The van der Waals surface area contributed by atoms with Gasteiger partial charge in [0.2, 0.25) is 0 Å². The molecule has 1 aromatic heterocycles. The number of hydrogen-bond donors (Lipinski definition) is 1. The smallest absolute Gasteiger partial charge is 0.337 e. The number of nitrogens with zero attached hydrogens (tertiary/aromatic N) is 2. The summed E-state index contributed by atoms with van der Waals surface area (Å²) in [5.41, 5.74) is 5.61. The molecule has 8 nitrogen and oxygen atoms in total. The molecular weight excluding hydrogens is 502 g/mol. The number of pyridine rings is 1. The summed E-state index contributed by atoms with van der Waals surface area (Å²) in [5, 5.41) is 2.99. The first-order chi connectivity index (χ1) is 18.1. The van der Waals surface area contributed by atoms with Gasteiger partial charge >= 0.3 is 12.0 Å². The largest absolute Gasteiger partial charge is 0.465 e. The van der Waals surface area contributed by atoms with Crippen molar-refractivity contribution in [3.8, 4) is 11.3 Å². The van der Waals surface area contributed by atoms with Crippen LogP contribution in [0.2, 0.25) is 0 Å². The number of amides is 2. The zero-order chi connectivity index (χ0) is 27.1. The van der Waals surface area contributed by atoms with E-state index in [-0.39, 0.29) is 22.3 Å². The molecule has 1 aliphatic carbocycles. The maximum atomic E-state index is 13.3. The number of carbonyl (C=O) groups is 2. The van der Waals surface area contributed by atoms with Gasteiger partial charge in [-0.2, -0.15) is 0 Å². The summed E-state index contributed by atoms with van der Waals surface area (Å²) in [6, 6.07) is 15.7. The number of fused-ring (bicyclic) bond motifs is 2. The van der Waals surface area contributed by atoms with Gasteiger partial charge in [-0.1, -0.05) is 31.0 Å². The van der Waals surface area contributed by atoms with Gasteiger partial charge in [-0.15, -0.1) is 0 Å². The van der Waals surface area contributed by atoms with Crippen molar-refractivity contribution < 1.29 is 22.7 Å². The Bertz CT molecular complexity index is 1510. The van der Waals surface area contributed by atoms with E-state index in [1.165, 1.54) is 13.4 Å². The molecule has 2 aromatic carbocycles. The fraction of sp³-hybridized carbons (Fsp3) is 0.345. The second-order valence-electron chi connectivity index (χ2n) is 10.2. The van der Waals surface area contributed by atoms with Crippen LogP contribution in [0.5, 0.6) is 0 Å². The van der Waals surface area contributed by atoms with Crippen molar-refractivity contribution in [3.05, 3.63) is 77.0 Å². The van der Waals surface area contributed by atoms with Gasteiger partial charge in [0.1, 0.15) is 0 Å². The highest BCUT2D eigenvalue weighted by Gasteiger charge is 2.47. The summed E-state index contributed by atoms with van der Waals surface area (Å²) >= 11 is 0. The van der Waals surface area contributed by atoms with Crippen molar-refractivity contribution >= 4 is 27.5 Å². The van der Waals surface area contributed by atoms with Crippen LogP contribution in [-0.4, -0.2) is 45.3 Å². The average Bonchev–Trinajstić information content (AvgIpc) is 3.51. The van der Waals surface area contributed by atoms with Crippen molar-refractivity contribution in [2.75, 3.05) is 24.8 Å². The minimum absolute atomic E-state index is 0.167. The zero-order valence-corrected chi connectivity index (χ0v) is 22.6. The van der Waals surface area contributed by atoms with Crippen molar-refractivity contribution in [2.45, 2.75) is 49.5 Å². The molecule has 0 saturated heterocycles. The van der Waals surface area contributed by atoms with Crippen LogP contribution in [0.4, 0.5) is 10.5 Å². The number of benzene rings is 2.